The van der Waals surface area contributed by atoms with Crippen LogP contribution in [0.5, 0.6) is 0 Å². The van der Waals surface area contributed by atoms with Crippen LogP contribution in [0, 0.1) is 18.3 Å². The van der Waals surface area contributed by atoms with Gasteiger partial charge in [0.2, 0.25) is 0 Å². The molecule has 160 valence electrons. The van der Waals surface area contributed by atoms with Crippen LogP contribution in [0.4, 0.5) is 0 Å². The van der Waals surface area contributed by atoms with E-state index >= 15 is 0 Å². The SMILES string of the molecule is CC=CC(C)(/C=C(\C)c1ccccc1C)C(C)n1ccn1C1=C(C)CC(C)C=C1C. The quantitative estimate of drug-likeness (QED) is 0.432. The average molecular weight is 403 g/mol. The van der Waals surface area contributed by atoms with Crippen LogP contribution in [0.25, 0.3) is 11.3 Å². The van der Waals surface area contributed by atoms with Crippen LogP contribution in [-0.4, -0.2) is 9.36 Å². The molecule has 0 spiro atoms. The van der Waals surface area contributed by atoms with E-state index in [0.29, 0.717) is 5.92 Å². The van der Waals surface area contributed by atoms with Crippen LogP contribution in [0.15, 0.2) is 72.1 Å². The minimum absolute atomic E-state index is 0.0990. The van der Waals surface area contributed by atoms with Gasteiger partial charge in [0.1, 0.15) is 0 Å². The Morgan fingerprint density at radius 2 is 1.87 bits per heavy atom. The molecule has 0 N–H and O–H groups in total. The summed E-state index contributed by atoms with van der Waals surface area (Å²) in [6.45, 7) is 18.1. The van der Waals surface area contributed by atoms with Gasteiger partial charge in [0.15, 0.2) is 0 Å². The summed E-state index contributed by atoms with van der Waals surface area (Å²) in [5, 5.41) is 0. The molecule has 0 aliphatic heterocycles. The van der Waals surface area contributed by atoms with E-state index in [1.165, 1.54) is 33.5 Å². The summed E-state index contributed by atoms with van der Waals surface area (Å²) in [4.78, 5) is 0. The van der Waals surface area contributed by atoms with E-state index in [-0.39, 0.29) is 11.5 Å². The molecule has 3 unspecified atom stereocenters. The van der Waals surface area contributed by atoms with Gasteiger partial charge in [-0.15, -0.1) is 0 Å². The van der Waals surface area contributed by atoms with Gasteiger partial charge in [-0.25, -0.2) is 0 Å². The fourth-order valence-electron chi connectivity index (χ4n) is 5.08. The second-order valence-electron chi connectivity index (χ2n) is 9.37. The number of rotatable bonds is 6. The molecule has 0 radical (unpaired) electrons. The third-order valence-corrected chi connectivity index (χ3v) is 6.70. The standard InChI is InChI=1S/C28H38N2/c1-9-14-28(8,19-24(6)26-13-11-10-12-21(26)3)25(7)29-15-16-30(29)27-22(4)17-20(2)18-23(27)5/h9-17,19-20,25H,18H2,1-8H3/b14-9?,24-19+. The Labute approximate surface area is 183 Å². The number of hydrogen-bond acceptors (Lipinski definition) is 0. The summed E-state index contributed by atoms with van der Waals surface area (Å²) < 4.78 is 4.75. The second-order valence-corrected chi connectivity index (χ2v) is 9.37. The lowest BCUT2D eigenvalue weighted by atomic mass is 9.79. The van der Waals surface area contributed by atoms with E-state index in [2.05, 4.69) is 126 Å². The lowest BCUT2D eigenvalue weighted by Crippen LogP contribution is -2.33. The topological polar surface area (TPSA) is 9.86 Å². The highest BCUT2D eigenvalue weighted by Crippen LogP contribution is 2.40. The monoisotopic (exact) mass is 402 g/mol. The fraction of sp³-hybridized carbons (Fsp3) is 0.429. The fourth-order valence-corrected chi connectivity index (χ4v) is 5.08. The Bertz CT molecular complexity index is 1020. The maximum absolute atomic E-state index is 2.44. The Morgan fingerprint density at radius 3 is 2.43 bits per heavy atom. The molecule has 1 aromatic carbocycles. The van der Waals surface area contributed by atoms with Gasteiger partial charge in [0.05, 0.1) is 11.7 Å². The second kappa shape index (κ2) is 8.71. The lowest BCUT2D eigenvalue weighted by molar-refractivity contribution is 0.286. The molecule has 1 aromatic heterocycles. The van der Waals surface area contributed by atoms with Crippen molar-refractivity contribution in [3.05, 3.63) is 83.2 Å². The molecule has 30 heavy (non-hydrogen) atoms. The van der Waals surface area contributed by atoms with Gasteiger partial charge in [-0.2, -0.15) is 0 Å². The highest BCUT2D eigenvalue weighted by Gasteiger charge is 2.31. The Balaban J connectivity index is 2.00. The smallest absolute Gasteiger partial charge is 0.0641 e. The highest BCUT2D eigenvalue weighted by atomic mass is 15.4. The molecule has 0 saturated carbocycles. The molecule has 2 heteroatoms. The van der Waals surface area contributed by atoms with E-state index in [9.17, 15) is 0 Å². The third kappa shape index (κ3) is 4.19. The van der Waals surface area contributed by atoms with Crippen LogP contribution < -0.4 is 0 Å². The first-order valence-corrected chi connectivity index (χ1v) is 11.2. The lowest BCUT2D eigenvalue weighted by Gasteiger charge is -2.38. The summed E-state index contributed by atoms with van der Waals surface area (Å²) in [6, 6.07) is 8.94. The van der Waals surface area contributed by atoms with E-state index in [1.54, 1.807) is 0 Å². The maximum Gasteiger partial charge on any atom is 0.0641 e. The molecule has 3 atom stereocenters. The summed E-state index contributed by atoms with van der Waals surface area (Å²) in [5.74, 6) is 0.623. The van der Waals surface area contributed by atoms with Crippen molar-refractivity contribution in [3.8, 4) is 0 Å². The molecule has 2 aromatic rings. The predicted molar refractivity (Wildman–Crippen MR) is 131 cm³/mol. The van der Waals surface area contributed by atoms with E-state index in [4.69, 9.17) is 0 Å². The number of nitrogens with zero attached hydrogens (tertiary/aromatic N) is 2. The first-order chi connectivity index (χ1) is 14.2. The molecule has 0 saturated heterocycles. The van der Waals surface area contributed by atoms with Crippen molar-refractivity contribution in [2.75, 3.05) is 0 Å². The van der Waals surface area contributed by atoms with Crippen LogP contribution in [0.3, 0.4) is 0 Å². The number of aromatic nitrogens is 2. The van der Waals surface area contributed by atoms with Gasteiger partial charge in [-0.1, -0.05) is 62.4 Å². The summed E-state index contributed by atoms with van der Waals surface area (Å²) in [6.07, 6.45) is 14.9. The Morgan fingerprint density at radius 1 is 1.17 bits per heavy atom. The number of allylic oxidation sites excluding steroid dienone is 8. The molecular weight excluding hydrogens is 364 g/mol. The largest absolute Gasteiger partial charge is 0.283 e. The zero-order valence-corrected chi connectivity index (χ0v) is 20.0. The molecule has 1 heterocycles. The third-order valence-electron chi connectivity index (χ3n) is 6.70. The maximum atomic E-state index is 2.44. The van der Waals surface area contributed by atoms with Gasteiger partial charge in [0.25, 0.3) is 0 Å². The van der Waals surface area contributed by atoms with Crippen molar-refractivity contribution >= 4 is 11.3 Å². The van der Waals surface area contributed by atoms with Crippen molar-refractivity contribution in [1.29, 1.82) is 0 Å². The molecule has 0 fully saturated rings. The minimum atomic E-state index is -0.0990. The number of aryl methyl sites for hydroxylation is 1. The van der Waals surface area contributed by atoms with E-state index in [1.807, 2.05) is 0 Å². The normalized spacial score (nSPS) is 21.1. The van der Waals surface area contributed by atoms with E-state index < -0.39 is 0 Å². The molecular formula is C28H38N2. The molecule has 0 bridgehead atoms. The zero-order chi connectivity index (χ0) is 22.1. The van der Waals surface area contributed by atoms with Gasteiger partial charge in [-0.3, -0.25) is 9.36 Å². The molecule has 1 aliphatic rings. The van der Waals surface area contributed by atoms with Crippen molar-refractivity contribution in [2.24, 2.45) is 11.3 Å². The summed E-state index contributed by atoms with van der Waals surface area (Å²) >= 11 is 0. The summed E-state index contributed by atoms with van der Waals surface area (Å²) in [7, 11) is 0. The Hall–Kier alpha value is -2.48. The van der Waals surface area contributed by atoms with Gasteiger partial charge < -0.3 is 0 Å². The van der Waals surface area contributed by atoms with Crippen LogP contribution in [0.2, 0.25) is 0 Å². The van der Waals surface area contributed by atoms with Crippen molar-refractivity contribution in [2.45, 2.75) is 67.9 Å². The molecule has 1 aliphatic carbocycles. The van der Waals surface area contributed by atoms with Crippen molar-refractivity contribution in [3.63, 3.8) is 0 Å². The molecule has 0 amide bonds. The first-order valence-electron chi connectivity index (χ1n) is 11.2. The van der Waals surface area contributed by atoms with Crippen LogP contribution >= 0.6 is 0 Å². The van der Waals surface area contributed by atoms with Crippen LogP contribution in [-0.2, 0) is 0 Å². The zero-order valence-electron chi connectivity index (χ0n) is 20.0. The van der Waals surface area contributed by atoms with Crippen molar-refractivity contribution < 1.29 is 0 Å². The minimum Gasteiger partial charge on any atom is -0.283 e. The molecule has 3 rings (SSSR count). The molecule has 2 nitrogen and oxygen atoms in total. The van der Waals surface area contributed by atoms with Crippen molar-refractivity contribution in [1.82, 2.24) is 9.36 Å². The van der Waals surface area contributed by atoms with Gasteiger partial charge in [0, 0.05) is 17.8 Å². The predicted octanol–water partition coefficient (Wildman–Crippen LogP) is 8.06. The first kappa shape index (κ1) is 22.2. The number of hydrogen-bond donors (Lipinski definition) is 0. The number of benzene rings is 1. The summed E-state index contributed by atoms with van der Waals surface area (Å²) in [5.41, 5.74) is 8.10. The highest BCUT2D eigenvalue weighted by molar-refractivity contribution is 5.69. The van der Waals surface area contributed by atoms with Crippen LogP contribution in [0.1, 0.15) is 72.1 Å². The average Bonchev–Trinajstić information content (AvgIpc) is 2.63. The van der Waals surface area contributed by atoms with Gasteiger partial charge in [-0.05, 0) is 81.7 Å². The van der Waals surface area contributed by atoms with Gasteiger partial charge >= 0.3 is 0 Å². The Kier molecular flexibility index (Phi) is 6.45. The van der Waals surface area contributed by atoms with E-state index in [0.717, 1.165) is 6.42 Å².